The first-order valence-corrected chi connectivity index (χ1v) is 6.25. The van der Waals surface area contributed by atoms with Gasteiger partial charge in [0.25, 0.3) is 0 Å². The maximum absolute atomic E-state index is 13.8. The van der Waals surface area contributed by atoms with Crippen LogP contribution in [-0.4, -0.2) is 13.2 Å². The SMILES string of the molecule is CCC(CC)Oc1ccc(C(C)NC)cc1F. The molecule has 1 atom stereocenters. The van der Waals surface area contributed by atoms with E-state index in [9.17, 15) is 4.39 Å². The summed E-state index contributed by atoms with van der Waals surface area (Å²) >= 11 is 0. The van der Waals surface area contributed by atoms with Crippen LogP contribution in [0.5, 0.6) is 5.75 Å². The molecule has 0 aliphatic carbocycles. The average molecular weight is 239 g/mol. The van der Waals surface area contributed by atoms with Crippen molar-refractivity contribution in [1.29, 1.82) is 0 Å². The summed E-state index contributed by atoms with van der Waals surface area (Å²) in [7, 11) is 1.86. The van der Waals surface area contributed by atoms with Crippen LogP contribution in [0.1, 0.15) is 45.2 Å². The molecular weight excluding hydrogens is 217 g/mol. The third-order valence-corrected chi connectivity index (χ3v) is 3.09. The Morgan fingerprint density at radius 1 is 1.29 bits per heavy atom. The highest BCUT2D eigenvalue weighted by Crippen LogP contribution is 2.23. The van der Waals surface area contributed by atoms with Crippen molar-refractivity contribution in [3.05, 3.63) is 29.6 Å². The van der Waals surface area contributed by atoms with Gasteiger partial charge in [0.15, 0.2) is 11.6 Å². The lowest BCUT2D eigenvalue weighted by Crippen LogP contribution is -2.15. The van der Waals surface area contributed by atoms with E-state index >= 15 is 0 Å². The van der Waals surface area contributed by atoms with Gasteiger partial charge in [-0.25, -0.2) is 4.39 Å². The number of nitrogens with one attached hydrogen (secondary N) is 1. The molecule has 0 radical (unpaired) electrons. The Morgan fingerprint density at radius 3 is 2.41 bits per heavy atom. The first kappa shape index (κ1) is 14.0. The van der Waals surface area contributed by atoms with Gasteiger partial charge in [0, 0.05) is 6.04 Å². The molecule has 0 aliphatic rings. The molecule has 0 bridgehead atoms. The normalized spacial score (nSPS) is 12.8. The van der Waals surface area contributed by atoms with Gasteiger partial charge >= 0.3 is 0 Å². The molecule has 1 N–H and O–H groups in total. The smallest absolute Gasteiger partial charge is 0.165 e. The first-order chi connectivity index (χ1) is 8.12. The van der Waals surface area contributed by atoms with Crippen LogP contribution in [0.3, 0.4) is 0 Å². The van der Waals surface area contributed by atoms with Crippen LogP contribution in [0.2, 0.25) is 0 Å². The number of ether oxygens (including phenoxy) is 1. The molecule has 3 heteroatoms. The molecule has 96 valence electrons. The van der Waals surface area contributed by atoms with Crippen molar-refractivity contribution in [2.45, 2.75) is 45.8 Å². The number of hydrogen-bond acceptors (Lipinski definition) is 2. The number of benzene rings is 1. The van der Waals surface area contributed by atoms with E-state index in [0.29, 0.717) is 5.75 Å². The molecule has 2 nitrogen and oxygen atoms in total. The molecule has 0 aromatic heterocycles. The van der Waals surface area contributed by atoms with E-state index in [1.807, 2.05) is 33.9 Å². The lowest BCUT2D eigenvalue weighted by molar-refractivity contribution is 0.184. The minimum absolute atomic E-state index is 0.0945. The van der Waals surface area contributed by atoms with Gasteiger partial charge in [-0.05, 0) is 44.5 Å². The highest BCUT2D eigenvalue weighted by atomic mass is 19.1. The van der Waals surface area contributed by atoms with Crippen LogP contribution in [-0.2, 0) is 0 Å². The fourth-order valence-electron chi connectivity index (χ4n) is 1.68. The summed E-state index contributed by atoms with van der Waals surface area (Å²) < 4.78 is 19.4. The molecule has 0 saturated heterocycles. The van der Waals surface area contributed by atoms with Crippen molar-refractivity contribution in [3.8, 4) is 5.75 Å². The van der Waals surface area contributed by atoms with E-state index in [-0.39, 0.29) is 18.0 Å². The van der Waals surface area contributed by atoms with Crippen LogP contribution in [0.25, 0.3) is 0 Å². The van der Waals surface area contributed by atoms with Gasteiger partial charge in [0.05, 0.1) is 6.10 Å². The summed E-state index contributed by atoms with van der Waals surface area (Å²) in [6.45, 7) is 6.09. The average Bonchev–Trinajstić information content (AvgIpc) is 2.36. The summed E-state index contributed by atoms with van der Waals surface area (Å²) in [6.07, 6.45) is 1.88. The second-order valence-corrected chi connectivity index (χ2v) is 4.26. The Labute approximate surface area is 103 Å². The second-order valence-electron chi connectivity index (χ2n) is 4.26. The molecule has 0 saturated carbocycles. The van der Waals surface area contributed by atoms with Crippen molar-refractivity contribution in [1.82, 2.24) is 5.32 Å². The standard InChI is InChI=1S/C14H22FNO/c1-5-12(6-2)17-14-8-7-11(9-13(14)15)10(3)16-4/h7-10,12,16H,5-6H2,1-4H3. The summed E-state index contributed by atoms with van der Waals surface area (Å²) in [5.41, 5.74) is 0.932. The topological polar surface area (TPSA) is 21.3 Å². The van der Waals surface area contributed by atoms with Crippen LogP contribution < -0.4 is 10.1 Å². The van der Waals surface area contributed by atoms with Gasteiger partial charge in [-0.1, -0.05) is 19.9 Å². The molecule has 0 amide bonds. The molecular formula is C14H22FNO. The fraction of sp³-hybridized carbons (Fsp3) is 0.571. The maximum Gasteiger partial charge on any atom is 0.165 e. The third kappa shape index (κ3) is 3.70. The van der Waals surface area contributed by atoms with E-state index in [2.05, 4.69) is 5.32 Å². The molecule has 17 heavy (non-hydrogen) atoms. The monoisotopic (exact) mass is 239 g/mol. The molecule has 0 fully saturated rings. The molecule has 1 aromatic rings. The lowest BCUT2D eigenvalue weighted by Gasteiger charge is -2.17. The Balaban J connectivity index is 2.82. The highest BCUT2D eigenvalue weighted by molar-refractivity contribution is 5.31. The minimum Gasteiger partial charge on any atom is -0.487 e. The summed E-state index contributed by atoms with van der Waals surface area (Å²) in [4.78, 5) is 0. The zero-order chi connectivity index (χ0) is 12.8. The summed E-state index contributed by atoms with van der Waals surface area (Å²) in [6, 6.07) is 5.31. The predicted octanol–water partition coefficient (Wildman–Crippen LogP) is 3.67. The number of halogens is 1. The Bertz CT molecular complexity index is 350. The number of rotatable bonds is 6. The van der Waals surface area contributed by atoms with E-state index < -0.39 is 0 Å². The fourth-order valence-corrected chi connectivity index (χ4v) is 1.68. The van der Waals surface area contributed by atoms with Crippen molar-refractivity contribution in [2.75, 3.05) is 7.05 Å². The van der Waals surface area contributed by atoms with Crippen LogP contribution in [0.4, 0.5) is 4.39 Å². The van der Waals surface area contributed by atoms with Crippen molar-refractivity contribution >= 4 is 0 Å². The Hall–Kier alpha value is -1.09. The van der Waals surface area contributed by atoms with Gasteiger partial charge in [-0.3, -0.25) is 0 Å². The van der Waals surface area contributed by atoms with Crippen molar-refractivity contribution in [2.24, 2.45) is 0 Å². The highest BCUT2D eigenvalue weighted by Gasteiger charge is 2.11. The van der Waals surface area contributed by atoms with E-state index in [0.717, 1.165) is 18.4 Å². The number of hydrogen-bond donors (Lipinski definition) is 1. The van der Waals surface area contributed by atoms with E-state index in [1.54, 1.807) is 12.1 Å². The van der Waals surface area contributed by atoms with Gasteiger partial charge in [0.1, 0.15) is 0 Å². The van der Waals surface area contributed by atoms with Gasteiger partial charge in [0.2, 0.25) is 0 Å². The quantitative estimate of drug-likeness (QED) is 0.817. The van der Waals surface area contributed by atoms with Gasteiger partial charge in [-0.2, -0.15) is 0 Å². The molecule has 0 aliphatic heterocycles. The van der Waals surface area contributed by atoms with Gasteiger partial charge in [-0.15, -0.1) is 0 Å². The maximum atomic E-state index is 13.8. The predicted molar refractivity (Wildman–Crippen MR) is 68.9 cm³/mol. The zero-order valence-corrected chi connectivity index (χ0v) is 11.1. The van der Waals surface area contributed by atoms with E-state index in [4.69, 9.17) is 4.74 Å². The van der Waals surface area contributed by atoms with Gasteiger partial charge < -0.3 is 10.1 Å². The first-order valence-electron chi connectivity index (χ1n) is 6.25. The molecule has 0 spiro atoms. The largest absolute Gasteiger partial charge is 0.487 e. The summed E-state index contributed by atoms with van der Waals surface area (Å²) in [5.74, 6) is 0.0715. The minimum atomic E-state index is -0.281. The molecule has 1 aromatic carbocycles. The zero-order valence-electron chi connectivity index (χ0n) is 11.1. The van der Waals surface area contributed by atoms with Crippen LogP contribution >= 0.6 is 0 Å². The summed E-state index contributed by atoms with van der Waals surface area (Å²) in [5, 5.41) is 3.08. The van der Waals surface area contributed by atoms with Crippen LogP contribution in [0.15, 0.2) is 18.2 Å². The van der Waals surface area contributed by atoms with E-state index in [1.165, 1.54) is 0 Å². The molecule has 0 heterocycles. The lowest BCUT2D eigenvalue weighted by atomic mass is 10.1. The van der Waals surface area contributed by atoms with Crippen molar-refractivity contribution in [3.63, 3.8) is 0 Å². The van der Waals surface area contributed by atoms with Crippen molar-refractivity contribution < 1.29 is 9.13 Å². The molecule has 1 unspecified atom stereocenters. The molecule has 1 rings (SSSR count). The second kappa shape index (κ2) is 6.60. The third-order valence-electron chi connectivity index (χ3n) is 3.09. The Morgan fingerprint density at radius 2 is 1.94 bits per heavy atom. The Kier molecular flexibility index (Phi) is 5.42. The van der Waals surface area contributed by atoms with Crippen LogP contribution in [0, 0.1) is 5.82 Å².